The lowest BCUT2D eigenvalue weighted by Gasteiger charge is -2.33. The van der Waals surface area contributed by atoms with Gasteiger partial charge in [0.15, 0.2) is 5.82 Å². The van der Waals surface area contributed by atoms with Crippen molar-refractivity contribution in [2.45, 2.75) is 33.5 Å². The third kappa shape index (κ3) is 10.0. The average Bonchev–Trinajstić information content (AvgIpc) is 3.16. The number of carbonyl (C=O) groups is 1. The van der Waals surface area contributed by atoms with Gasteiger partial charge in [0.1, 0.15) is 29.0 Å². The maximum atomic E-state index is 12.1. The number of amides is 1. The molecule has 1 aliphatic rings. The fourth-order valence-electron chi connectivity index (χ4n) is 6.03. The quantitative estimate of drug-likeness (QED) is 0.161. The fraction of sp³-hybridized carbons (Fsp3) is 0.316. The number of nitrogens with zero attached hydrogens (tertiary/aromatic N) is 8. The number of nitrogens with one attached hydrogen (secondary N) is 2. The first kappa shape index (κ1) is 38.0. The molecule has 54 heavy (non-hydrogen) atoms. The Bertz CT molecular complexity index is 2110. The van der Waals surface area contributed by atoms with Crippen LogP contribution in [0.15, 0.2) is 79.1 Å². The van der Waals surface area contributed by atoms with Gasteiger partial charge >= 0.3 is 0 Å². The highest BCUT2D eigenvalue weighted by Gasteiger charge is 2.24. The van der Waals surface area contributed by atoms with E-state index in [1.807, 2.05) is 61.5 Å². The molecular weight excluding hydrogens is 709 g/mol. The van der Waals surface area contributed by atoms with Crippen LogP contribution in [0.3, 0.4) is 0 Å². The second-order valence-corrected chi connectivity index (χ2v) is 15.0. The Labute approximate surface area is 315 Å². The maximum absolute atomic E-state index is 12.1. The zero-order valence-electron chi connectivity index (χ0n) is 31.0. The van der Waals surface area contributed by atoms with Crippen molar-refractivity contribution in [3.63, 3.8) is 0 Å². The van der Waals surface area contributed by atoms with Crippen molar-refractivity contribution in [2.75, 3.05) is 62.2 Å². The number of sulfonamides is 1. The van der Waals surface area contributed by atoms with E-state index in [9.17, 15) is 13.2 Å². The topological polar surface area (TPSA) is 168 Å². The Morgan fingerprint density at radius 2 is 1.44 bits per heavy atom. The van der Waals surface area contributed by atoms with Crippen molar-refractivity contribution in [3.8, 4) is 22.9 Å². The molecule has 2 aromatic carbocycles. The number of aromatic nitrogens is 5. The van der Waals surface area contributed by atoms with Crippen molar-refractivity contribution in [3.05, 3.63) is 102 Å². The molecule has 0 bridgehead atoms. The van der Waals surface area contributed by atoms with Gasteiger partial charge in [0, 0.05) is 58.9 Å². The van der Waals surface area contributed by atoms with Crippen LogP contribution in [-0.4, -0.2) is 95.1 Å². The molecule has 0 spiro atoms. The molecule has 1 aliphatic heterocycles. The van der Waals surface area contributed by atoms with E-state index in [-0.39, 0.29) is 5.91 Å². The molecule has 0 aliphatic carbocycles. The van der Waals surface area contributed by atoms with Crippen molar-refractivity contribution < 1.29 is 22.7 Å². The van der Waals surface area contributed by atoms with Crippen molar-refractivity contribution >= 4 is 39.2 Å². The number of hydrogen-bond donors (Lipinski definition) is 2. The van der Waals surface area contributed by atoms with E-state index < -0.39 is 10.0 Å². The highest BCUT2D eigenvalue weighted by Crippen LogP contribution is 2.30. The van der Waals surface area contributed by atoms with Gasteiger partial charge < -0.3 is 25.0 Å². The summed E-state index contributed by atoms with van der Waals surface area (Å²) in [6.45, 7) is 6.88. The molecule has 0 radical (unpaired) electrons. The molecule has 0 unspecified atom stereocenters. The van der Waals surface area contributed by atoms with Gasteiger partial charge in [-0.3, -0.25) is 9.69 Å². The molecule has 1 amide bonds. The largest absolute Gasteiger partial charge is 0.497 e. The maximum Gasteiger partial charge on any atom is 0.229 e. The lowest BCUT2D eigenvalue weighted by atomic mass is 10.1. The summed E-state index contributed by atoms with van der Waals surface area (Å²) in [7, 11) is 0.0363. The molecule has 0 saturated carbocycles. The summed E-state index contributed by atoms with van der Waals surface area (Å²) >= 11 is 0. The summed E-state index contributed by atoms with van der Waals surface area (Å²) in [6.07, 6.45) is 4.65. The molecular formula is C38H44N10O5S. The molecule has 1 fully saturated rings. The summed E-state index contributed by atoms with van der Waals surface area (Å²) in [5.41, 5.74) is 4.29. The van der Waals surface area contributed by atoms with Crippen LogP contribution in [0.1, 0.15) is 29.4 Å². The number of hydrogen-bond acceptors (Lipinski definition) is 13. The van der Waals surface area contributed by atoms with E-state index in [4.69, 9.17) is 29.4 Å². The van der Waals surface area contributed by atoms with Gasteiger partial charge in [-0.25, -0.2) is 23.4 Å². The molecule has 3 aromatic heterocycles. The second-order valence-electron chi connectivity index (χ2n) is 13.0. The van der Waals surface area contributed by atoms with E-state index in [0.29, 0.717) is 86.3 Å². The highest BCUT2D eigenvalue weighted by molar-refractivity contribution is 7.88. The molecule has 15 nitrogen and oxygen atoms in total. The first-order valence-corrected chi connectivity index (χ1v) is 19.2. The summed E-state index contributed by atoms with van der Waals surface area (Å²) in [4.78, 5) is 39.7. The predicted molar refractivity (Wildman–Crippen MR) is 207 cm³/mol. The van der Waals surface area contributed by atoms with Gasteiger partial charge in [-0.05, 0) is 66.1 Å². The summed E-state index contributed by atoms with van der Waals surface area (Å²) < 4.78 is 36.5. The van der Waals surface area contributed by atoms with Crippen LogP contribution in [-0.2, 0) is 34.5 Å². The third-order valence-electron chi connectivity index (χ3n) is 8.81. The van der Waals surface area contributed by atoms with Crippen molar-refractivity contribution in [2.24, 2.45) is 0 Å². The smallest absolute Gasteiger partial charge is 0.229 e. The van der Waals surface area contributed by atoms with Gasteiger partial charge in [-0.1, -0.05) is 24.3 Å². The number of benzene rings is 2. The van der Waals surface area contributed by atoms with Crippen LogP contribution in [0.25, 0.3) is 11.4 Å². The number of methoxy groups -OCH3 is 2. The van der Waals surface area contributed by atoms with Gasteiger partial charge in [-0.2, -0.15) is 14.3 Å². The van der Waals surface area contributed by atoms with Crippen LogP contribution in [0.4, 0.5) is 23.3 Å². The minimum Gasteiger partial charge on any atom is -0.497 e. The molecule has 282 valence electrons. The predicted octanol–water partition coefficient (Wildman–Crippen LogP) is 4.64. The summed E-state index contributed by atoms with van der Waals surface area (Å²) in [6, 6.07) is 21.3. The van der Waals surface area contributed by atoms with Gasteiger partial charge in [0.25, 0.3) is 0 Å². The van der Waals surface area contributed by atoms with E-state index >= 15 is 0 Å². The van der Waals surface area contributed by atoms with Gasteiger partial charge in [0.2, 0.25) is 21.9 Å². The minimum atomic E-state index is -3.25. The average molecular weight is 753 g/mol. The monoisotopic (exact) mass is 752 g/mol. The zero-order chi connectivity index (χ0) is 38.2. The molecule has 0 atom stereocenters. The van der Waals surface area contributed by atoms with Crippen LogP contribution >= 0.6 is 0 Å². The number of piperazine rings is 1. The Morgan fingerprint density at radius 3 is 1.98 bits per heavy atom. The molecule has 1 saturated heterocycles. The standard InChI is InChI=1S/C38H44N10O5S/c1-26-41-37(45-38(42-26)47(24-28-6-11-32(52-3)12-7-28)25-29-8-13-33(53-4)14-9-29)34-20-30(23-46-16-18-48(19-17-46)54(5,50)51)21-40-36(34)44-31-10-15-35(39-22-31)43-27(2)49/h6-15,20-22H,16-19,23-25H2,1-5H3,(H,40,44)(H,39,43,49). The summed E-state index contributed by atoms with van der Waals surface area (Å²) in [5, 5.41) is 6.04. The molecule has 5 aromatic rings. The van der Waals surface area contributed by atoms with E-state index in [2.05, 4.69) is 25.4 Å². The normalized spacial score (nSPS) is 13.6. The first-order valence-electron chi connectivity index (χ1n) is 17.4. The van der Waals surface area contributed by atoms with Crippen LogP contribution in [0.2, 0.25) is 0 Å². The fourth-order valence-corrected chi connectivity index (χ4v) is 6.86. The van der Waals surface area contributed by atoms with Crippen LogP contribution in [0, 0.1) is 6.92 Å². The number of anilines is 4. The number of aryl methyl sites for hydroxylation is 1. The van der Waals surface area contributed by atoms with E-state index in [1.165, 1.54) is 17.5 Å². The van der Waals surface area contributed by atoms with Gasteiger partial charge in [-0.15, -0.1) is 0 Å². The lowest BCUT2D eigenvalue weighted by Crippen LogP contribution is -2.47. The third-order valence-corrected chi connectivity index (χ3v) is 10.1. The van der Waals surface area contributed by atoms with Crippen LogP contribution < -0.4 is 25.0 Å². The summed E-state index contributed by atoms with van der Waals surface area (Å²) in [5.74, 6) is 3.69. The number of ether oxygens (including phenoxy) is 2. The highest BCUT2D eigenvalue weighted by atomic mass is 32.2. The van der Waals surface area contributed by atoms with E-state index in [0.717, 1.165) is 28.2 Å². The van der Waals surface area contributed by atoms with Crippen molar-refractivity contribution in [1.82, 2.24) is 34.1 Å². The van der Waals surface area contributed by atoms with Crippen LogP contribution in [0.5, 0.6) is 11.5 Å². The molecule has 2 N–H and O–H groups in total. The number of pyridine rings is 2. The number of rotatable bonds is 14. The Morgan fingerprint density at radius 1 is 0.815 bits per heavy atom. The second kappa shape index (κ2) is 17.0. The first-order chi connectivity index (χ1) is 25.9. The SMILES string of the molecule is COc1ccc(CN(Cc2ccc(OC)cc2)c2nc(C)nc(-c3cc(CN4CCN(S(C)(=O)=O)CC4)cnc3Nc3ccc(NC(C)=O)nc3)n2)cc1. The van der Waals surface area contributed by atoms with E-state index in [1.54, 1.807) is 38.7 Å². The Hall–Kier alpha value is -5.71. The van der Waals surface area contributed by atoms with Crippen molar-refractivity contribution in [1.29, 1.82) is 0 Å². The Balaban J connectivity index is 1.36. The molecule has 16 heteroatoms. The zero-order valence-corrected chi connectivity index (χ0v) is 31.8. The van der Waals surface area contributed by atoms with Gasteiger partial charge in [0.05, 0.1) is 37.9 Å². The molecule has 4 heterocycles. The minimum absolute atomic E-state index is 0.213. The number of carbonyl (C=O) groups excluding carboxylic acids is 1. The lowest BCUT2D eigenvalue weighted by molar-refractivity contribution is -0.114. The molecule has 6 rings (SSSR count). The Kier molecular flexibility index (Phi) is 11.9.